The molecule has 8 heteroatoms. The summed E-state index contributed by atoms with van der Waals surface area (Å²) in [6.07, 6.45) is 2.64. The van der Waals surface area contributed by atoms with Crippen LogP contribution in [0, 0.1) is 0 Å². The van der Waals surface area contributed by atoms with E-state index in [2.05, 4.69) is 11.9 Å². The number of hydrogen-bond donors (Lipinski definition) is 1. The highest BCUT2D eigenvalue weighted by atomic mass is 35.5. The van der Waals surface area contributed by atoms with Gasteiger partial charge in [-0.05, 0) is 18.2 Å². The van der Waals surface area contributed by atoms with Gasteiger partial charge in [0.1, 0.15) is 0 Å². The van der Waals surface area contributed by atoms with Crippen molar-refractivity contribution in [3.8, 4) is 0 Å². The van der Waals surface area contributed by atoms with Crippen LogP contribution in [0.3, 0.4) is 0 Å². The summed E-state index contributed by atoms with van der Waals surface area (Å²) < 4.78 is 24.8. The number of anilines is 1. The van der Waals surface area contributed by atoms with Gasteiger partial charge in [0.25, 0.3) is 0 Å². The fourth-order valence-electron chi connectivity index (χ4n) is 1.60. The van der Waals surface area contributed by atoms with Crippen LogP contribution >= 0.6 is 23.2 Å². The molecule has 0 aliphatic rings. The molecule has 0 heterocycles. The zero-order chi connectivity index (χ0) is 16.0. The predicted octanol–water partition coefficient (Wildman–Crippen LogP) is 2.45. The fourth-order valence-corrected chi connectivity index (χ4v) is 2.82. The van der Waals surface area contributed by atoms with Crippen molar-refractivity contribution in [3.05, 3.63) is 40.9 Å². The van der Waals surface area contributed by atoms with Gasteiger partial charge >= 0.3 is 0 Å². The van der Waals surface area contributed by atoms with Gasteiger partial charge in [-0.2, -0.15) is 0 Å². The van der Waals surface area contributed by atoms with Crippen molar-refractivity contribution in [2.75, 3.05) is 23.7 Å². The van der Waals surface area contributed by atoms with Crippen LogP contribution < -0.4 is 9.62 Å². The molecule has 1 aromatic carbocycles. The first kappa shape index (κ1) is 17.8. The maximum atomic E-state index is 11.9. The second kappa shape index (κ2) is 7.68. The molecule has 0 aliphatic carbocycles. The molecular weight excluding hydrogens is 335 g/mol. The summed E-state index contributed by atoms with van der Waals surface area (Å²) in [5.41, 5.74) is 0.364. The maximum Gasteiger partial charge on any atom is 0.232 e. The van der Waals surface area contributed by atoms with Gasteiger partial charge in [0, 0.05) is 19.5 Å². The van der Waals surface area contributed by atoms with Gasteiger partial charge in [-0.25, -0.2) is 8.42 Å². The van der Waals surface area contributed by atoms with E-state index in [-0.39, 0.29) is 23.9 Å². The standard InChI is InChI=1S/C13H16Cl2N2O3S/c1-3-7-16-13(18)6-8-17(21(2,19)20)10-4-5-11(14)12(15)9-10/h3-5,9H,1,6-8H2,2H3,(H,16,18). The summed E-state index contributed by atoms with van der Waals surface area (Å²) in [4.78, 5) is 11.6. The van der Waals surface area contributed by atoms with E-state index in [9.17, 15) is 13.2 Å². The Balaban J connectivity index is 2.89. The number of sulfonamides is 1. The van der Waals surface area contributed by atoms with E-state index in [0.29, 0.717) is 17.3 Å². The van der Waals surface area contributed by atoms with Crippen LogP contribution in [0.4, 0.5) is 5.69 Å². The molecule has 0 aromatic heterocycles. The molecule has 116 valence electrons. The van der Waals surface area contributed by atoms with E-state index in [1.807, 2.05) is 0 Å². The molecule has 1 aromatic rings. The lowest BCUT2D eigenvalue weighted by Crippen LogP contribution is -2.34. The molecule has 0 radical (unpaired) electrons. The zero-order valence-corrected chi connectivity index (χ0v) is 13.8. The zero-order valence-electron chi connectivity index (χ0n) is 11.5. The Bertz CT molecular complexity index is 632. The minimum absolute atomic E-state index is 0.0137. The Hall–Kier alpha value is -1.24. The monoisotopic (exact) mass is 350 g/mol. The van der Waals surface area contributed by atoms with E-state index in [4.69, 9.17) is 23.2 Å². The van der Waals surface area contributed by atoms with E-state index in [1.165, 1.54) is 18.2 Å². The van der Waals surface area contributed by atoms with Gasteiger partial charge in [-0.1, -0.05) is 29.3 Å². The summed E-state index contributed by atoms with van der Waals surface area (Å²) in [6.45, 7) is 3.84. The summed E-state index contributed by atoms with van der Waals surface area (Å²) in [6, 6.07) is 4.50. The number of amides is 1. The molecule has 0 bridgehead atoms. The highest BCUT2D eigenvalue weighted by Crippen LogP contribution is 2.28. The number of halogens is 2. The number of benzene rings is 1. The molecule has 0 atom stereocenters. The average molecular weight is 351 g/mol. The van der Waals surface area contributed by atoms with Crippen LogP contribution in [0.1, 0.15) is 6.42 Å². The fraction of sp³-hybridized carbons (Fsp3) is 0.308. The highest BCUT2D eigenvalue weighted by Gasteiger charge is 2.19. The van der Waals surface area contributed by atoms with Crippen LogP contribution in [0.15, 0.2) is 30.9 Å². The van der Waals surface area contributed by atoms with Gasteiger partial charge in [0.05, 0.1) is 22.0 Å². The van der Waals surface area contributed by atoms with E-state index < -0.39 is 10.0 Å². The molecule has 0 unspecified atom stereocenters. The summed E-state index contributed by atoms with van der Waals surface area (Å²) in [7, 11) is -3.53. The molecule has 1 amide bonds. The quantitative estimate of drug-likeness (QED) is 0.768. The van der Waals surface area contributed by atoms with Crippen molar-refractivity contribution in [2.24, 2.45) is 0 Å². The Morgan fingerprint density at radius 2 is 2.05 bits per heavy atom. The van der Waals surface area contributed by atoms with Crippen LogP contribution in [-0.4, -0.2) is 33.7 Å². The SMILES string of the molecule is C=CCNC(=O)CCN(c1ccc(Cl)c(Cl)c1)S(C)(=O)=O. The molecule has 1 rings (SSSR count). The van der Waals surface area contributed by atoms with E-state index in [0.717, 1.165) is 10.6 Å². The number of nitrogens with one attached hydrogen (secondary N) is 1. The normalized spacial score (nSPS) is 11.0. The van der Waals surface area contributed by atoms with E-state index >= 15 is 0 Å². The Kier molecular flexibility index (Phi) is 6.51. The number of rotatable bonds is 7. The number of nitrogens with zero attached hydrogens (tertiary/aromatic N) is 1. The molecule has 0 aliphatic heterocycles. The van der Waals surface area contributed by atoms with Gasteiger partial charge < -0.3 is 5.32 Å². The minimum atomic E-state index is -3.53. The smallest absolute Gasteiger partial charge is 0.232 e. The van der Waals surface area contributed by atoms with Crippen LogP contribution in [0.5, 0.6) is 0 Å². The number of carbonyl (C=O) groups is 1. The molecule has 21 heavy (non-hydrogen) atoms. The molecule has 0 fully saturated rings. The first-order valence-corrected chi connectivity index (χ1v) is 8.66. The van der Waals surface area contributed by atoms with Gasteiger partial charge in [0.15, 0.2) is 0 Å². The minimum Gasteiger partial charge on any atom is -0.353 e. The second-order valence-electron chi connectivity index (χ2n) is 4.28. The topological polar surface area (TPSA) is 66.5 Å². The third-order valence-corrected chi connectivity index (χ3v) is 4.51. The van der Waals surface area contributed by atoms with Crippen molar-refractivity contribution in [2.45, 2.75) is 6.42 Å². The average Bonchev–Trinajstić information content (AvgIpc) is 2.39. The van der Waals surface area contributed by atoms with Crippen molar-refractivity contribution in [3.63, 3.8) is 0 Å². The first-order chi connectivity index (χ1) is 9.75. The largest absolute Gasteiger partial charge is 0.353 e. The Labute approximate surface area is 134 Å². The molecular formula is C13H16Cl2N2O3S. The number of hydrogen-bond acceptors (Lipinski definition) is 3. The lowest BCUT2D eigenvalue weighted by Gasteiger charge is -2.22. The van der Waals surface area contributed by atoms with Gasteiger partial charge in [0.2, 0.25) is 15.9 Å². The van der Waals surface area contributed by atoms with Crippen molar-refractivity contribution in [1.82, 2.24) is 5.32 Å². The van der Waals surface area contributed by atoms with Gasteiger partial charge in [-0.3, -0.25) is 9.10 Å². The van der Waals surface area contributed by atoms with Crippen molar-refractivity contribution < 1.29 is 13.2 Å². The Morgan fingerprint density at radius 3 is 2.57 bits per heavy atom. The lowest BCUT2D eigenvalue weighted by molar-refractivity contribution is -0.120. The van der Waals surface area contributed by atoms with Crippen LogP contribution in [-0.2, 0) is 14.8 Å². The molecule has 5 nitrogen and oxygen atoms in total. The third kappa shape index (κ3) is 5.57. The van der Waals surface area contributed by atoms with Crippen molar-refractivity contribution >= 4 is 44.8 Å². The summed E-state index contributed by atoms with van der Waals surface area (Å²) in [5, 5.41) is 3.17. The van der Waals surface area contributed by atoms with Crippen LogP contribution in [0.2, 0.25) is 10.0 Å². The lowest BCUT2D eigenvalue weighted by atomic mass is 10.3. The summed E-state index contributed by atoms with van der Waals surface area (Å²) >= 11 is 11.7. The first-order valence-electron chi connectivity index (χ1n) is 6.06. The van der Waals surface area contributed by atoms with Crippen molar-refractivity contribution in [1.29, 1.82) is 0 Å². The van der Waals surface area contributed by atoms with E-state index in [1.54, 1.807) is 6.08 Å². The Morgan fingerprint density at radius 1 is 1.38 bits per heavy atom. The third-order valence-electron chi connectivity index (χ3n) is 2.58. The number of carbonyl (C=O) groups excluding carboxylic acids is 1. The molecule has 0 spiro atoms. The summed E-state index contributed by atoms with van der Waals surface area (Å²) in [5.74, 6) is -0.261. The molecule has 1 N–H and O–H groups in total. The molecule has 0 saturated carbocycles. The highest BCUT2D eigenvalue weighted by molar-refractivity contribution is 7.92. The molecule has 0 saturated heterocycles. The maximum absolute atomic E-state index is 11.9. The van der Waals surface area contributed by atoms with Gasteiger partial charge in [-0.15, -0.1) is 6.58 Å². The second-order valence-corrected chi connectivity index (χ2v) is 7.00. The predicted molar refractivity (Wildman–Crippen MR) is 86.5 cm³/mol. The van der Waals surface area contributed by atoms with Crippen LogP contribution in [0.25, 0.3) is 0 Å².